The monoisotopic (exact) mass is 327 g/mol. The van der Waals surface area contributed by atoms with E-state index in [1.807, 2.05) is 49.4 Å². The largest absolute Gasteiger partial charge is 0.325 e. The van der Waals surface area contributed by atoms with Gasteiger partial charge in [-0.2, -0.15) is 0 Å². The van der Waals surface area contributed by atoms with Gasteiger partial charge in [0.25, 0.3) is 0 Å². The zero-order chi connectivity index (χ0) is 16.2. The molecule has 23 heavy (non-hydrogen) atoms. The van der Waals surface area contributed by atoms with Gasteiger partial charge in [-0.3, -0.25) is 14.6 Å². The van der Waals surface area contributed by atoms with Gasteiger partial charge < -0.3 is 10.6 Å². The summed E-state index contributed by atoms with van der Waals surface area (Å²) in [6.45, 7) is 2.51. The number of aliphatic imine (C=N–C) groups is 1. The highest BCUT2D eigenvalue weighted by atomic mass is 32.2. The Morgan fingerprint density at radius 1 is 1.26 bits per heavy atom. The molecule has 0 bridgehead atoms. The normalized spacial score (nSPS) is 19.1. The van der Waals surface area contributed by atoms with Crippen LogP contribution in [0.25, 0.3) is 10.8 Å². The minimum absolute atomic E-state index is 0.127. The molecular formula is C17H17N3O2S. The van der Waals surface area contributed by atoms with E-state index in [-0.39, 0.29) is 18.2 Å². The van der Waals surface area contributed by atoms with E-state index in [4.69, 9.17) is 0 Å². The Morgan fingerprint density at radius 2 is 2.04 bits per heavy atom. The number of anilines is 1. The lowest BCUT2D eigenvalue weighted by Gasteiger charge is -2.10. The van der Waals surface area contributed by atoms with Gasteiger partial charge in [0, 0.05) is 24.0 Å². The number of thioether (sulfide) groups is 1. The second kappa shape index (κ2) is 6.83. The van der Waals surface area contributed by atoms with Crippen molar-refractivity contribution in [3.63, 3.8) is 0 Å². The fraction of sp³-hybridized carbons (Fsp3) is 0.235. The summed E-state index contributed by atoms with van der Waals surface area (Å²) >= 11 is 1.31. The van der Waals surface area contributed by atoms with Crippen LogP contribution < -0.4 is 10.6 Å². The maximum Gasteiger partial charge on any atom is 0.240 e. The molecule has 0 aliphatic carbocycles. The smallest absolute Gasteiger partial charge is 0.240 e. The lowest BCUT2D eigenvalue weighted by atomic mass is 10.1. The van der Waals surface area contributed by atoms with Gasteiger partial charge in [0.05, 0.1) is 0 Å². The zero-order valence-corrected chi connectivity index (χ0v) is 13.5. The number of hydrogen-bond acceptors (Lipinski definition) is 4. The van der Waals surface area contributed by atoms with Crippen molar-refractivity contribution in [1.82, 2.24) is 5.32 Å². The van der Waals surface area contributed by atoms with Crippen molar-refractivity contribution in [2.75, 3.05) is 11.9 Å². The van der Waals surface area contributed by atoms with Crippen molar-refractivity contribution < 1.29 is 9.59 Å². The number of amides is 2. The highest BCUT2D eigenvalue weighted by Gasteiger charge is 2.31. The first-order chi connectivity index (χ1) is 11.2. The van der Waals surface area contributed by atoms with Crippen LogP contribution in [0.15, 0.2) is 47.5 Å². The maximum absolute atomic E-state index is 12.3. The molecule has 1 aliphatic heterocycles. The lowest BCUT2D eigenvalue weighted by Crippen LogP contribution is -2.28. The van der Waals surface area contributed by atoms with Gasteiger partial charge in [-0.25, -0.2) is 0 Å². The Bertz CT molecular complexity index is 783. The van der Waals surface area contributed by atoms with E-state index in [0.29, 0.717) is 11.7 Å². The average Bonchev–Trinajstić information content (AvgIpc) is 2.87. The molecule has 2 N–H and O–H groups in total. The van der Waals surface area contributed by atoms with Crippen LogP contribution in [0.5, 0.6) is 0 Å². The molecule has 1 saturated heterocycles. The van der Waals surface area contributed by atoms with E-state index in [1.54, 1.807) is 0 Å². The molecule has 1 atom stereocenters. The molecule has 1 fully saturated rings. The predicted molar refractivity (Wildman–Crippen MR) is 94.7 cm³/mol. The minimum Gasteiger partial charge on any atom is -0.325 e. The molecular weight excluding hydrogens is 310 g/mol. The average molecular weight is 327 g/mol. The zero-order valence-electron chi connectivity index (χ0n) is 12.7. The van der Waals surface area contributed by atoms with Crippen molar-refractivity contribution in [1.29, 1.82) is 0 Å². The Labute approximate surface area is 138 Å². The van der Waals surface area contributed by atoms with Gasteiger partial charge in [-0.1, -0.05) is 48.2 Å². The molecule has 2 aromatic carbocycles. The van der Waals surface area contributed by atoms with Gasteiger partial charge in [0.2, 0.25) is 11.8 Å². The topological polar surface area (TPSA) is 70.6 Å². The minimum atomic E-state index is -0.421. The highest BCUT2D eigenvalue weighted by molar-refractivity contribution is 8.15. The summed E-state index contributed by atoms with van der Waals surface area (Å²) in [7, 11) is 0. The Hall–Kier alpha value is -2.34. The summed E-state index contributed by atoms with van der Waals surface area (Å²) in [6.07, 6.45) is 0.127. The number of amidine groups is 1. The van der Waals surface area contributed by atoms with E-state index in [2.05, 4.69) is 15.6 Å². The molecule has 1 heterocycles. The molecule has 0 spiro atoms. The van der Waals surface area contributed by atoms with E-state index >= 15 is 0 Å². The first-order valence-corrected chi connectivity index (χ1v) is 8.35. The number of carbonyl (C=O) groups is 2. The Morgan fingerprint density at radius 3 is 2.87 bits per heavy atom. The molecule has 0 radical (unpaired) electrons. The molecule has 5 nitrogen and oxygen atoms in total. The van der Waals surface area contributed by atoms with Crippen LogP contribution in [0.2, 0.25) is 0 Å². The number of fused-ring (bicyclic) bond motifs is 1. The van der Waals surface area contributed by atoms with Gasteiger partial charge >= 0.3 is 0 Å². The van der Waals surface area contributed by atoms with Crippen LogP contribution in [0, 0.1) is 0 Å². The summed E-state index contributed by atoms with van der Waals surface area (Å²) in [6, 6.07) is 13.6. The van der Waals surface area contributed by atoms with Crippen LogP contribution in [0.3, 0.4) is 0 Å². The summed E-state index contributed by atoms with van der Waals surface area (Å²) in [5, 5.41) is 7.83. The van der Waals surface area contributed by atoms with Crippen molar-refractivity contribution in [2.45, 2.75) is 18.6 Å². The van der Waals surface area contributed by atoms with Gasteiger partial charge in [0.1, 0.15) is 5.25 Å². The molecule has 3 rings (SSSR count). The number of rotatable bonds is 4. The number of carbonyl (C=O) groups excluding carboxylic acids is 2. The molecule has 118 valence electrons. The number of benzene rings is 2. The second-order valence-electron chi connectivity index (χ2n) is 5.15. The lowest BCUT2D eigenvalue weighted by molar-refractivity contribution is -0.122. The summed E-state index contributed by atoms with van der Waals surface area (Å²) in [5.41, 5.74) is 0.763. The highest BCUT2D eigenvalue weighted by Crippen LogP contribution is 2.25. The number of hydrogen-bond donors (Lipinski definition) is 2. The fourth-order valence-electron chi connectivity index (χ4n) is 2.46. The summed E-state index contributed by atoms with van der Waals surface area (Å²) in [4.78, 5) is 28.3. The number of nitrogens with zero attached hydrogens (tertiary/aromatic N) is 1. The van der Waals surface area contributed by atoms with E-state index in [1.165, 1.54) is 11.8 Å². The van der Waals surface area contributed by atoms with Crippen molar-refractivity contribution in [3.8, 4) is 0 Å². The van der Waals surface area contributed by atoms with Crippen LogP contribution in [-0.4, -0.2) is 28.8 Å². The molecule has 2 aromatic rings. The van der Waals surface area contributed by atoms with Crippen molar-refractivity contribution in [2.24, 2.45) is 4.99 Å². The van der Waals surface area contributed by atoms with Crippen LogP contribution >= 0.6 is 11.8 Å². The molecule has 1 aliphatic rings. The van der Waals surface area contributed by atoms with Crippen molar-refractivity contribution in [3.05, 3.63) is 42.5 Å². The first-order valence-electron chi connectivity index (χ1n) is 7.47. The van der Waals surface area contributed by atoms with E-state index < -0.39 is 5.25 Å². The summed E-state index contributed by atoms with van der Waals surface area (Å²) in [5.74, 6) is -0.331. The molecule has 2 amide bonds. The Kier molecular flexibility index (Phi) is 4.62. The first kappa shape index (κ1) is 15.6. The third-order valence-electron chi connectivity index (χ3n) is 3.51. The predicted octanol–water partition coefficient (Wildman–Crippen LogP) is 2.78. The van der Waals surface area contributed by atoms with Crippen molar-refractivity contribution >= 4 is 45.2 Å². The van der Waals surface area contributed by atoms with E-state index in [0.717, 1.165) is 16.5 Å². The van der Waals surface area contributed by atoms with Gasteiger partial charge in [0.15, 0.2) is 5.17 Å². The van der Waals surface area contributed by atoms with Gasteiger partial charge in [-0.15, -0.1) is 0 Å². The summed E-state index contributed by atoms with van der Waals surface area (Å²) < 4.78 is 0. The fourth-order valence-corrected chi connectivity index (χ4v) is 3.50. The molecule has 0 saturated carbocycles. The SMILES string of the molecule is CCN=C1NC(=O)[C@H](CC(=O)Nc2cccc3ccccc23)S1. The maximum atomic E-state index is 12.3. The molecule has 0 aromatic heterocycles. The standard InChI is InChI=1S/C17H17N3O2S/c1-2-18-17-20-16(22)14(23-17)10-15(21)19-13-9-5-7-11-6-3-4-8-12(11)13/h3-9,14H,2,10H2,1H3,(H,19,21)(H,18,20,22)/t14-/m0/s1. The number of nitrogens with one attached hydrogen (secondary N) is 2. The molecule has 6 heteroatoms. The van der Waals surface area contributed by atoms with Crippen LogP contribution in [0.4, 0.5) is 5.69 Å². The third-order valence-corrected chi connectivity index (χ3v) is 4.63. The van der Waals surface area contributed by atoms with Crippen LogP contribution in [-0.2, 0) is 9.59 Å². The van der Waals surface area contributed by atoms with Gasteiger partial charge in [-0.05, 0) is 18.4 Å². The third kappa shape index (κ3) is 3.53. The van der Waals surface area contributed by atoms with E-state index in [9.17, 15) is 9.59 Å². The second-order valence-corrected chi connectivity index (χ2v) is 6.35. The Balaban J connectivity index is 1.70. The molecule has 0 unspecified atom stereocenters. The quantitative estimate of drug-likeness (QED) is 0.907. The van der Waals surface area contributed by atoms with Crippen LogP contribution in [0.1, 0.15) is 13.3 Å².